The van der Waals surface area contributed by atoms with Gasteiger partial charge in [-0.1, -0.05) is 41.9 Å². The molecule has 0 saturated carbocycles. The molecule has 1 nitrogen and oxygen atoms in total. The molecule has 0 saturated heterocycles. The van der Waals surface area contributed by atoms with Gasteiger partial charge in [0.1, 0.15) is 0 Å². The molecule has 5 heteroatoms. The second kappa shape index (κ2) is 5.23. The fourth-order valence-corrected chi connectivity index (χ4v) is 2.06. The lowest BCUT2D eigenvalue weighted by molar-refractivity contribution is -0.137. The highest BCUT2D eigenvalue weighted by Gasteiger charge is 2.30. The summed E-state index contributed by atoms with van der Waals surface area (Å²) in [5.74, 6) is 0. The maximum atomic E-state index is 12.5. The third-order valence-electron chi connectivity index (χ3n) is 2.77. The zero-order chi connectivity index (χ0) is 14.0. The zero-order valence-corrected chi connectivity index (χ0v) is 10.5. The molecule has 0 atom stereocenters. The van der Waals surface area contributed by atoms with Gasteiger partial charge in [-0.3, -0.25) is 0 Å². The first kappa shape index (κ1) is 13.9. The number of aliphatic hydroxyl groups is 1. The van der Waals surface area contributed by atoms with Crippen molar-refractivity contribution in [3.05, 3.63) is 58.6 Å². The normalized spacial score (nSPS) is 11.6. The number of aliphatic hydroxyl groups excluding tert-OH is 1. The first-order valence-corrected chi connectivity index (χ1v) is 5.87. The van der Waals surface area contributed by atoms with E-state index in [2.05, 4.69) is 0 Å². The fraction of sp³-hybridized carbons (Fsp3) is 0.143. The van der Waals surface area contributed by atoms with E-state index in [9.17, 15) is 13.2 Å². The van der Waals surface area contributed by atoms with Crippen LogP contribution in [0.3, 0.4) is 0 Å². The molecule has 0 fully saturated rings. The lowest BCUT2D eigenvalue weighted by atomic mass is 10.0. The van der Waals surface area contributed by atoms with Gasteiger partial charge >= 0.3 is 6.18 Å². The van der Waals surface area contributed by atoms with Crippen molar-refractivity contribution >= 4 is 11.6 Å². The van der Waals surface area contributed by atoms with Crippen LogP contribution in [0.25, 0.3) is 11.1 Å². The molecule has 2 rings (SSSR count). The van der Waals surface area contributed by atoms with E-state index >= 15 is 0 Å². The lowest BCUT2D eigenvalue weighted by Crippen LogP contribution is -2.04. The largest absolute Gasteiger partial charge is 0.416 e. The van der Waals surface area contributed by atoms with Crippen LogP contribution in [0, 0.1) is 0 Å². The molecule has 2 aromatic rings. The number of hydrogen-bond acceptors (Lipinski definition) is 1. The van der Waals surface area contributed by atoms with E-state index in [-0.39, 0.29) is 6.61 Å². The van der Waals surface area contributed by atoms with Crippen LogP contribution in [0.5, 0.6) is 0 Å². The van der Waals surface area contributed by atoms with E-state index in [1.165, 1.54) is 12.1 Å². The van der Waals surface area contributed by atoms with Crippen molar-refractivity contribution in [2.75, 3.05) is 0 Å². The van der Waals surface area contributed by atoms with Crippen LogP contribution in [0.1, 0.15) is 11.1 Å². The Bertz CT molecular complexity index is 576. The van der Waals surface area contributed by atoms with E-state index in [0.29, 0.717) is 21.7 Å². The summed E-state index contributed by atoms with van der Waals surface area (Å²) < 4.78 is 37.4. The summed E-state index contributed by atoms with van der Waals surface area (Å²) in [5.41, 5.74) is 1.01. The SMILES string of the molecule is OCc1cccc(-c2ccc(C(F)(F)F)cc2)c1Cl. The van der Waals surface area contributed by atoms with Gasteiger partial charge in [0.2, 0.25) is 0 Å². The predicted octanol–water partition coefficient (Wildman–Crippen LogP) is 4.52. The molecule has 0 aliphatic heterocycles. The smallest absolute Gasteiger partial charge is 0.392 e. The maximum absolute atomic E-state index is 12.5. The highest BCUT2D eigenvalue weighted by atomic mass is 35.5. The van der Waals surface area contributed by atoms with Crippen LogP contribution in [0.15, 0.2) is 42.5 Å². The van der Waals surface area contributed by atoms with Gasteiger partial charge in [-0.15, -0.1) is 0 Å². The molecule has 0 aliphatic rings. The highest BCUT2D eigenvalue weighted by Crippen LogP contribution is 2.34. The Balaban J connectivity index is 2.43. The summed E-state index contributed by atoms with van der Waals surface area (Å²) in [7, 11) is 0. The first-order valence-electron chi connectivity index (χ1n) is 5.49. The Morgan fingerprint density at radius 1 is 1.00 bits per heavy atom. The van der Waals surface area contributed by atoms with Crippen molar-refractivity contribution in [2.45, 2.75) is 12.8 Å². The second-order valence-corrected chi connectivity index (χ2v) is 4.39. The molecule has 100 valence electrons. The second-order valence-electron chi connectivity index (χ2n) is 4.01. The maximum Gasteiger partial charge on any atom is 0.416 e. The van der Waals surface area contributed by atoms with Gasteiger partial charge in [0.25, 0.3) is 0 Å². The van der Waals surface area contributed by atoms with Crippen molar-refractivity contribution in [3.8, 4) is 11.1 Å². The van der Waals surface area contributed by atoms with E-state index < -0.39 is 11.7 Å². The minimum Gasteiger partial charge on any atom is -0.392 e. The Labute approximate surface area is 113 Å². The molecule has 19 heavy (non-hydrogen) atoms. The molecule has 1 N–H and O–H groups in total. The van der Waals surface area contributed by atoms with Gasteiger partial charge in [0.05, 0.1) is 17.2 Å². The van der Waals surface area contributed by atoms with Gasteiger partial charge in [0, 0.05) is 5.56 Å². The van der Waals surface area contributed by atoms with Crippen LogP contribution >= 0.6 is 11.6 Å². The van der Waals surface area contributed by atoms with Gasteiger partial charge < -0.3 is 5.11 Å². The minimum atomic E-state index is -4.35. The summed E-state index contributed by atoms with van der Waals surface area (Å²) >= 11 is 6.09. The number of benzene rings is 2. The van der Waals surface area contributed by atoms with Crippen molar-refractivity contribution in [3.63, 3.8) is 0 Å². The Hall–Kier alpha value is -1.52. The minimum absolute atomic E-state index is 0.215. The molecule has 0 heterocycles. The summed E-state index contributed by atoms with van der Waals surface area (Å²) in [5, 5.41) is 9.46. The summed E-state index contributed by atoms with van der Waals surface area (Å²) in [6.45, 7) is -0.215. The van der Waals surface area contributed by atoms with Crippen LogP contribution in [0.4, 0.5) is 13.2 Å². The molecule has 2 aromatic carbocycles. The summed E-state index contributed by atoms with van der Waals surface area (Å²) in [6, 6.07) is 9.81. The Kier molecular flexibility index (Phi) is 3.83. The van der Waals surface area contributed by atoms with Crippen LogP contribution in [-0.4, -0.2) is 5.11 Å². The van der Waals surface area contributed by atoms with Crippen molar-refractivity contribution in [1.82, 2.24) is 0 Å². The zero-order valence-electron chi connectivity index (χ0n) is 9.71. The van der Waals surface area contributed by atoms with E-state index in [1.807, 2.05) is 0 Å². The van der Waals surface area contributed by atoms with Crippen LogP contribution < -0.4 is 0 Å². The van der Waals surface area contributed by atoms with Gasteiger partial charge in [-0.25, -0.2) is 0 Å². The van der Waals surface area contributed by atoms with E-state index in [1.54, 1.807) is 18.2 Å². The third kappa shape index (κ3) is 2.91. The van der Waals surface area contributed by atoms with Crippen molar-refractivity contribution < 1.29 is 18.3 Å². The molecule has 0 aliphatic carbocycles. The van der Waals surface area contributed by atoms with Gasteiger partial charge in [-0.05, 0) is 23.3 Å². The molecule has 0 aromatic heterocycles. The number of hydrogen-bond donors (Lipinski definition) is 1. The fourth-order valence-electron chi connectivity index (χ4n) is 1.76. The lowest BCUT2D eigenvalue weighted by Gasteiger charge is -2.10. The topological polar surface area (TPSA) is 20.2 Å². The number of halogens is 4. The Morgan fingerprint density at radius 2 is 1.63 bits per heavy atom. The average molecular weight is 287 g/mol. The number of alkyl halides is 3. The van der Waals surface area contributed by atoms with Gasteiger partial charge in [0.15, 0.2) is 0 Å². The molecule has 0 amide bonds. The number of rotatable bonds is 2. The highest BCUT2D eigenvalue weighted by molar-refractivity contribution is 6.34. The van der Waals surface area contributed by atoms with E-state index in [0.717, 1.165) is 12.1 Å². The van der Waals surface area contributed by atoms with Gasteiger partial charge in [-0.2, -0.15) is 13.2 Å². The monoisotopic (exact) mass is 286 g/mol. The standard InChI is InChI=1S/C14H10ClF3O/c15-13-10(8-19)2-1-3-12(13)9-4-6-11(7-5-9)14(16,17)18/h1-7,19H,8H2. The van der Waals surface area contributed by atoms with Crippen molar-refractivity contribution in [2.24, 2.45) is 0 Å². The molecule has 0 radical (unpaired) electrons. The molecular formula is C14H10ClF3O. The molecule has 0 bridgehead atoms. The predicted molar refractivity (Wildman–Crippen MR) is 67.8 cm³/mol. The summed E-state index contributed by atoms with van der Waals surface area (Å²) in [6.07, 6.45) is -4.35. The third-order valence-corrected chi connectivity index (χ3v) is 3.22. The molecular weight excluding hydrogens is 277 g/mol. The average Bonchev–Trinajstić information content (AvgIpc) is 2.38. The van der Waals surface area contributed by atoms with Crippen LogP contribution in [-0.2, 0) is 12.8 Å². The van der Waals surface area contributed by atoms with Crippen LogP contribution in [0.2, 0.25) is 5.02 Å². The van der Waals surface area contributed by atoms with E-state index in [4.69, 9.17) is 16.7 Å². The quantitative estimate of drug-likeness (QED) is 0.861. The van der Waals surface area contributed by atoms with Crippen molar-refractivity contribution in [1.29, 1.82) is 0 Å². The molecule has 0 spiro atoms. The first-order chi connectivity index (χ1) is 8.93. The molecule has 0 unspecified atom stereocenters. The Morgan fingerprint density at radius 3 is 2.16 bits per heavy atom. The summed E-state index contributed by atoms with van der Waals surface area (Å²) in [4.78, 5) is 0.